The Labute approximate surface area is 109 Å². The molecule has 96 valence electrons. The second-order valence-electron chi connectivity index (χ2n) is 4.37. The fraction of sp³-hybridized carbons (Fsp3) is 0.417. The number of aromatic nitrogens is 1. The van der Waals surface area contributed by atoms with Crippen molar-refractivity contribution in [1.82, 2.24) is 10.3 Å². The highest BCUT2D eigenvalue weighted by Gasteiger charge is 2.34. The highest BCUT2D eigenvalue weighted by atomic mass is 35.5. The Morgan fingerprint density at radius 3 is 2.83 bits per heavy atom. The number of carbonyl (C=O) groups excluding carboxylic acids is 1. The van der Waals surface area contributed by atoms with Gasteiger partial charge in [-0.15, -0.1) is 0 Å². The van der Waals surface area contributed by atoms with E-state index < -0.39 is 5.97 Å². The summed E-state index contributed by atoms with van der Waals surface area (Å²) in [7, 11) is 0. The zero-order chi connectivity index (χ0) is 13.1. The molecule has 1 amide bonds. The van der Waals surface area contributed by atoms with E-state index in [0.29, 0.717) is 5.02 Å². The Morgan fingerprint density at radius 2 is 2.28 bits per heavy atom. The normalized spacial score (nSPS) is 16.1. The van der Waals surface area contributed by atoms with Crippen LogP contribution in [0.5, 0.6) is 0 Å². The molecule has 1 saturated carbocycles. The Bertz CT molecular complexity index is 474. The molecule has 0 saturated heterocycles. The van der Waals surface area contributed by atoms with Crippen LogP contribution in [0.3, 0.4) is 0 Å². The molecule has 1 aromatic rings. The number of hydrogen-bond donors (Lipinski definition) is 2. The van der Waals surface area contributed by atoms with Gasteiger partial charge in [0.25, 0.3) is 5.91 Å². The molecule has 1 aliphatic carbocycles. The van der Waals surface area contributed by atoms with Crippen LogP contribution in [0.4, 0.5) is 0 Å². The molecule has 0 aliphatic heterocycles. The van der Waals surface area contributed by atoms with Crippen molar-refractivity contribution >= 4 is 23.5 Å². The first-order valence-corrected chi connectivity index (χ1v) is 6.08. The molecule has 2 rings (SSSR count). The van der Waals surface area contributed by atoms with Crippen molar-refractivity contribution in [3.05, 3.63) is 29.0 Å². The third kappa shape index (κ3) is 3.20. The number of hydrogen-bond acceptors (Lipinski definition) is 3. The third-order valence-electron chi connectivity index (χ3n) is 2.91. The Balaban J connectivity index is 2.05. The minimum absolute atomic E-state index is 0.0612. The van der Waals surface area contributed by atoms with Crippen LogP contribution in [0.2, 0.25) is 5.02 Å². The molecular formula is C12H13ClN2O3. The average molecular weight is 269 g/mol. The second kappa shape index (κ2) is 5.35. The van der Waals surface area contributed by atoms with Crippen LogP contribution in [0.25, 0.3) is 0 Å². The molecule has 18 heavy (non-hydrogen) atoms. The van der Waals surface area contributed by atoms with Crippen LogP contribution in [-0.2, 0) is 4.79 Å². The predicted octanol–water partition coefficient (Wildman–Crippen LogP) is 1.72. The third-order valence-corrected chi connectivity index (χ3v) is 3.24. The molecular weight excluding hydrogens is 256 g/mol. The van der Waals surface area contributed by atoms with Gasteiger partial charge in [-0.1, -0.05) is 11.6 Å². The fourth-order valence-corrected chi connectivity index (χ4v) is 2.00. The Kier molecular flexibility index (Phi) is 3.81. The summed E-state index contributed by atoms with van der Waals surface area (Å²) in [6.45, 7) is 0. The molecule has 2 N–H and O–H groups in total. The first-order chi connectivity index (χ1) is 8.58. The van der Waals surface area contributed by atoms with E-state index in [9.17, 15) is 9.59 Å². The van der Waals surface area contributed by atoms with Gasteiger partial charge in [0.05, 0.1) is 17.0 Å². The van der Waals surface area contributed by atoms with E-state index in [0.717, 1.165) is 12.8 Å². The van der Waals surface area contributed by atoms with E-state index in [1.54, 1.807) is 0 Å². The summed E-state index contributed by atoms with van der Waals surface area (Å²) in [4.78, 5) is 26.5. The molecule has 0 bridgehead atoms. The number of aliphatic carboxylic acids is 1. The monoisotopic (exact) mass is 268 g/mol. The molecule has 1 aromatic heterocycles. The second-order valence-corrected chi connectivity index (χ2v) is 4.78. The van der Waals surface area contributed by atoms with Crippen LogP contribution in [0, 0.1) is 5.92 Å². The van der Waals surface area contributed by atoms with Crippen molar-refractivity contribution in [2.45, 2.75) is 25.3 Å². The Morgan fingerprint density at radius 1 is 1.56 bits per heavy atom. The van der Waals surface area contributed by atoms with E-state index in [4.69, 9.17) is 16.7 Å². The maximum Gasteiger partial charge on any atom is 0.305 e. The van der Waals surface area contributed by atoms with Crippen molar-refractivity contribution < 1.29 is 14.7 Å². The van der Waals surface area contributed by atoms with Gasteiger partial charge in [0.15, 0.2) is 0 Å². The van der Waals surface area contributed by atoms with Crippen LogP contribution in [0.1, 0.15) is 29.6 Å². The van der Waals surface area contributed by atoms with E-state index in [1.807, 2.05) is 0 Å². The number of pyridine rings is 1. The lowest BCUT2D eigenvalue weighted by Crippen LogP contribution is -2.38. The van der Waals surface area contributed by atoms with Gasteiger partial charge in [0, 0.05) is 18.4 Å². The van der Waals surface area contributed by atoms with Crippen LogP contribution in [0.15, 0.2) is 18.5 Å². The number of rotatable bonds is 5. The van der Waals surface area contributed by atoms with Crippen molar-refractivity contribution in [3.8, 4) is 0 Å². The van der Waals surface area contributed by atoms with Crippen LogP contribution < -0.4 is 5.32 Å². The lowest BCUT2D eigenvalue weighted by molar-refractivity contribution is -0.137. The first kappa shape index (κ1) is 12.8. The molecule has 1 atom stereocenters. The summed E-state index contributed by atoms with van der Waals surface area (Å²) >= 11 is 5.89. The zero-order valence-corrected chi connectivity index (χ0v) is 10.4. The van der Waals surface area contributed by atoms with Crippen LogP contribution >= 0.6 is 11.6 Å². The Hall–Kier alpha value is -1.62. The van der Waals surface area contributed by atoms with Crippen molar-refractivity contribution in [1.29, 1.82) is 0 Å². The SMILES string of the molecule is O=C(O)CC(NC(=O)c1cnccc1Cl)C1CC1. The van der Waals surface area contributed by atoms with Crippen molar-refractivity contribution in [2.75, 3.05) is 0 Å². The largest absolute Gasteiger partial charge is 0.481 e. The quantitative estimate of drug-likeness (QED) is 0.852. The molecule has 1 heterocycles. The van der Waals surface area contributed by atoms with Gasteiger partial charge in [0.2, 0.25) is 0 Å². The van der Waals surface area contributed by atoms with Gasteiger partial charge in [-0.2, -0.15) is 0 Å². The molecule has 0 spiro atoms. The van der Waals surface area contributed by atoms with E-state index >= 15 is 0 Å². The predicted molar refractivity (Wildman–Crippen MR) is 65.5 cm³/mol. The number of carbonyl (C=O) groups is 2. The highest BCUT2D eigenvalue weighted by molar-refractivity contribution is 6.33. The molecule has 1 fully saturated rings. The summed E-state index contributed by atoms with van der Waals surface area (Å²) in [6, 6.07) is 1.20. The summed E-state index contributed by atoms with van der Waals surface area (Å²) in [5, 5.41) is 11.8. The van der Waals surface area contributed by atoms with Gasteiger partial charge >= 0.3 is 5.97 Å². The summed E-state index contributed by atoms with van der Waals surface area (Å²) in [5.74, 6) is -1.02. The molecule has 1 unspecified atom stereocenters. The first-order valence-electron chi connectivity index (χ1n) is 5.70. The van der Waals surface area contributed by atoms with E-state index in [1.165, 1.54) is 18.5 Å². The zero-order valence-electron chi connectivity index (χ0n) is 9.60. The minimum atomic E-state index is -0.913. The number of amides is 1. The van der Waals surface area contributed by atoms with Gasteiger partial charge in [0.1, 0.15) is 0 Å². The molecule has 1 aliphatic rings. The topological polar surface area (TPSA) is 79.3 Å². The fourth-order valence-electron chi connectivity index (χ4n) is 1.81. The number of carboxylic acid groups (broad SMARTS) is 1. The number of nitrogens with zero attached hydrogens (tertiary/aromatic N) is 1. The molecule has 0 radical (unpaired) electrons. The highest BCUT2D eigenvalue weighted by Crippen LogP contribution is 2.34. The average Bonchev–Trinajstić information content (AvgIpc) is 3.11. The van der Waals surface area contributed by atoms with Crippen molar-refractivity contribution in [3.63, 3.8) is 0 Å². The van der Waals surface area contributed by atoms with Crippen LogP contribution in [-0.4, -0.2) is 28.0 Å². The van der Waals surface area contributed by atoms with Gasteiger partial charge in [-0.25, -0.2) is 0 Å². The summed E-state index contributed by atoms with van der Waals surface area (Å²) in [5.41, 5.74) is 0.273. The number of halogens is 1. The lowest BCUT2D eigenvalue weighted by atomic mass is 10.1. The van der Waals surface area contributed by atoms with Gasteiger partial charge in [-0.05, 0) is 24.8 Å². The number of carboxylic acids is 1. The maximum absolute atomic E-state index is 12.0. The molecule has 6 heteroatoms. The maximum atomic E-state index is 12.0. The van der Waals surface area contributed by atoms with E-state index in [-0.39, 0.29) is 29.9 Å². The molecule has 0 aromatic carbocycles. The minimum Gasteiger partial charge on any atom is -0.481 e. The lowest BCUT2D eigenvalue weighted by Gasteiger charge is -2.16. The van der Waals surface area contributed by atoms with E-state index in [2.05, 4.69) is 10.3 Å². The molecule has 5 nitrogen and oxygen atoms in total. The van der Waals surface area contributed by atoms with Gasteiger partial charge < -0.3 is 10.4 Å². The summed E-state index contributed by atoms with van der Waals surface area (Å²) in [6.07, 6.45) is 4.73. The smallest absolute Gasteiger partial charge is 0.305 e. The van der Waals surface area contributed by atoms with Crippen molar-refractivity contribution in [2.24, 2.45) is 5.92 Å². The number of nitrogens with one attached hydrogen (secondary N) is 1. The standard InChI is InChI=1S/C12H13ClN2O3/c13-9-3-4-14-6-8(9)12(18)15-10(5-11(16)17)7-1-2-7/h3-4,6-7,10H,1-2,5H2,(H,15,18)(H,16,17). The van der Waals surface area contributed by atoms with Gasteiger partial charge in [-0.3, -0.25) is 14.6 Å². The summed E-state index contributed by atoms with van der Waals surface area (Å²) < 4.78 is 0.